The lowest BCUT2D eigenvalue weighted by Gasteiger charge is -2.11. The van der Waals surface area contributed by atoms with Crippen molar-refractivity contribution in [1.29, 1.82) is 0 Å². The van der Waals surface area contributed by atoms with E-state index >= 15 is 0 Å². The molecular weight excluding hydrogens is 368 g/mol. The lowest BCUT2D eigenvalue weighted by molar-refractivity contribution is 0.102. The van der Waals surface area contributed by atoms with Crippen molar-refractivity contribution in [1.82, 2.24) is 14.8 Å². The molecule has 0 aliphatic carbocycles. The molecule has 146 valence electrons. The van der Waals surface area contributed by atoms with E-state index < -0.39 is 0 Å². The molecule has 4 rings (SSSR count). The van der Waals surface area contributed by atoms with Crippen LogP contribution in [0.3, 0.4) is 0 Å². The standard InChI is InChI=1S/C22H20N4O3/c1-28-18-8-9-20(29-2)19(11-18)25-22(27)17-10-16-13-24-26(21(16)23-12-17)14-15-6-4-3-5-7-15/h3-13H,14H2,1-2H3,(H,25,27). The number of aromatic nitrogens is 3. The van der Waals surface area contributed by atoms with E-state index in [4.69, 9.17) is 9.47 Å². The molecule has 0 bridgehead atoms. The van der Waals surface area contributed by atoms with E-state index in [1.807, 2.05) is 35.0 Å². The van der Waals surface area contributed by atoms with Crippen LogP contribution in [0.1, 0.15) is 15.9 Å². The average molecular weight is 388 g/mol. The van der Waals surface area contributed by atoms with Gasteiger partial charge >= 0.3 is 0 Å². The number of anilines is 1. The van der Waals surface area contributed by atoms with Gasteiger partial charge in [-0.3, -0.25) is 4.79 Å². The SMILES string of the molecule is COc1ccc(OC)c(NC(=O)c2cnc3c(cnn3Cc3ccccc3)c2)c1. The summed E-state index contributed by atoms with van der Waals surface area (Å²) in [7, 11) is 3.12. The minimum atomic E-state index is -0.290. The number of benzene rings is 2. The van der Waals surface area contributed by atoms with Gasteiger partial charge in [0, 0.05) is 17.6 Å². The zero-order valence-electron chi connectivity index (χ0n) is 16.1. The molecule has 0 saturated heterocycles. The van der Waals surface area contributed by atoms with Gasteiger partial charge in [0.05, 0.1) is 38.2 Å². The number of fused-ring (bicyclic) bond motifs is 1. The van der Waals surface area contributed by atoms with Crippen LogP contribution < -0.4 is 14.8 Å². The van der Waals surface area contributed by atoms with Crippen molar-refractivity contribution in [3.63, 3.8) is 0 Å². The zero-order valence-corrected chi connectivity index (χ0v) is 16.1. The highest BCUT2D eigenvalue weighted by atomic mass is 16.5. The van der Waals surface area contributed by atoms with Gasteiger partial charge < -0.3 is 14.8 Å². The minimum absolute atomic E-state index is 0.290. The second-order valence-corrected chi connectivity index (χ2v) is 6.44. The van der Waals surface area contributed by atoms with Crippen LogP contribution in [0.5, 0.6) is 11.5 Å². The monoisotopic (exact) mass is 388 g/mol. The van der Waals surface area contributed by atoms with Crippen molar-refractivity contribution < 1.29 is 14.3 Å². The van der Waals surface area contributed by atoms with Crippen molar-refractivity contribution in [2.45, 2.75) is 6.54 Å². The first-order chi connectivity index (χ1) is 14.2. The number of amides is 1. The molecule has 0 saturated carbocycles. The topological polar surface area (TPSA) is 78.3 Å². The predicted octanol–water partition coefficient (Wildman–Crippen LogP) is 3.75. The van der Waals surface area contributed by atoms with Crippen molar-refractivity contribution in [3.05, 3.63) is 78.1 Å². The largest absolute Gasteiger partial charge is 0.497 e. The number of hydrogen-bond donors (Lipinski definition) is 1. The van der Waals surface area contributed by atoms with Crippen molar-refractivity contribution in [3.8, 4) is 11.5 Å². The highest BCUT2D eigenvalue weighted by Crippen LogP contribution is 2.29. The minimum Gasteiger partial charge on any atom is -0.497 e. The smallest absolute Gasteiger partial charge is 0.257 e. The second kappa shape index (κ2) is 8.02. The van der Waals surface area contributed by atoms with Gasteiger partial charge in [0.15, 0.2) is 5.65 Å². The number of carbonyl (C=O) groups excluding carboxylic acids is 1. The number of nitrogens with one attached hydrogen (secondary N) is 1. The Labute approximate surface area is 167 Å². The third-order valence-electron chi connectivity index (χ3n) is 4.57. The summed E-state index contributed by atoms with van der Waals surface area (Å²) in [6.45, 7) is 0.615. The molecule has 0 fully saturated rings. The van der Waals surface area contributed by atoms with Crippen LogP contribution in [-0.4, -0.2) is 34.9 Å². The molecule has 0 unspecified atom stereocenters. The van der Waals surface area contributed by atoms with E-state index in [1.165, 1.54) is 0 Å². The van der Waals surface area contributed by atoms with E-state index in [2.05, 4.69) is 15.4 Å². The van der Waals surface area contributed by atoms with Gasteiger partial charge in [0.2, 0.25) is 0 Å². The number of pyridine rings is 1. The van der Waals surface area contributed by atoms with Crippen LogP contribution in [0, 0.1) is 0 Å². The van der Waals surface area contributed by atoms with Crippen LogP contribution in [0.15, 0.2) is 67.0 Å². The summed E-state index contributed by atoms with van der Waals surface area (Å²) in [5.74, 6) is 0.877. The first-order valence-corrected chi connectivity index (χ1v) is 9.07. The van der Waals surface area contributed by atoms with Crippen LogP contribution in [0.4, 0.5) is 5.69 Å². The molecule has 0 aliphatic heterocycles. The summed E-state index contributed by atoms with van der Waals surface area (Å²) in [6.07, 6.45) is 3.27. The maximum atomic E-state index is 12.7. The molecule has 2 aromatic heterocycles. The van der Waals surface area contributed by atoms with E-state index in [1.54, 1.807) is 50.9 Å². The fourth-order valence-electron chi connectivity index (χ4n) is 3.07. The summed E-state index contributed by atoms with van der Waals surface area (Å²) >= 11 is 0. The Bertz CT molecular complexity index is 1160. The molecule has 0 radical (unpaired) electrons. The number of methoxy groups -OCH3 is 2. The summed E-state index contributed by atoms with van der Waals surface area (Å²) < 4.78 is 12.4. The normalized spacial score (nSPS) is 10.7. The van der Waals surface area contributed by atoms with Crippen LogP contribution in [0.2, 0.25) is 0 Å². The first-order valence-electron chi connectivity index (χ1n) is 9.07. The van der Waals surface area contributed by atoms with Crippen LogP contribution >= 0.6 is 0 Å². The average Bonchev–Trinajstić information content (AvgIpc) is 3.16. The molecule has 7 heteroatoms. The zero-order chi connectivity index (χ0) is 20.2. The Morgan fingerprint density at radius 2 is 1.86 bits per heavy atom. The molecule has 1 amide bonds. The summed E-state index contributed by atoms with van der Waals surface area (Å²) in [4.78, 5) is 17.2. The number of nitrogens with zero attached hydrogens (tertiary/aromatic N) is 3. The van der Waals surface area contributed by atoms with Gasteiger partial charge in [0.1, 0.15) is 11.5 Å². The van der Waals surface area contributed by atoms with Crippen molar-refractivity contribution in [2.75, 3.05) is 19.5 Å². The predicted molar refractivity (Wildman–Crippen MR) is 111 cm³/mol. The number of hydrogen-bond acceptors (Lipinski definition) is 5. The van der Waals surface area contributed by atoms with Crippen molar-refractivity contribution in [2.24, 2.45) is 0 Å². The van der Waals surface area contributed by atoms with Crippen molar-refractivity contribution >= 4 is 22.6 Å². The molecule has 0 spiro atoms. The lowest BCUT2D eigenvalue weighted by Crippen LogP contribution is -2.13. The quantitative estimate of drug-likeness (QED) is 0.544. The number of carbonyl (C=O) groups is 1. The summed E-state index contributed by atoms with van der Waals surface area (Å²) in [5, 5.41) is 8.06. The molecule has 2 aromatic carbocycles. The lowest BCUT2D eigenvalue weighted by atomic mass is 10.2. The molecule has 7 nitrogen and oxygen atoms in total. The van der Waals surface area contributed by atoms with Crippen LogP contribution in [-0.2, 0) is 6.54 Å². The van der Waals surface area contributed by atoms with E-state index in [-0.39, 0.29) is 5.91 Å². The summed E-state index contributed by atoms with van der Waals surface area (Å²) in [5.41, 5.74) is 2.81. The van der Waals surface area contributed by atoms with Gasteiger partial charge in [-0.1, -0.05) is 30.3 Å². The Kier molecular flexibility index (Phi) is 5.11. The van der Waals surface area contributed by atoms with Gasteiger partial charge in [0.25, 0.3) is 5.91 Å². The van der Waals surface area contributed by atoms with Gasteiger partial charge in [-0.15, -0.1) is 0 Å². The second-order valence-electron chi connectivity index (χ2n) is 6.44. The molecule has 0 atom stereocenters. The van der Waals surface area contributed by atoms with Gasteiger partial charge in [-0.25, -0.2) is 9.67 Å². The molecule has 2 heterocycles. The fraction of sp³-hybridized carbons (Fsp3) is 0.136. The highest BCUT2D eigenvalue weighted by Gasteiger charge is 2.14. The fourth-order valence-corrected chi connectivity index (χ4v) is 3.07. The Morgan fingerprint density at radius 3 is 2.62 bits per heavy atom. The molecule has 29 heavy (non-hydrogen) atoms. The number of rotatable bonds is 6. The van der Waals surface area contributed by atoms with E-state index in [9.17, 15) is 4.79 Å². The molecular formula is C22H20N4O3. The highest BCUT2D eigenvalue weighted by molar-refractivity contribution is 6.06. The van der Waals surface area contributed by atoms with Crippen LogP contribution in [0.25, 0.3) is 11.0 Å². The maximum Gasteiger partial charge on any atom is 0.257 e. The Balaban J connectivity index is 1.58. The number of ether oxygens (including phenoxy) is 2. The maximum absolute atomic E-state index is 12.7. The molecule has 1 N–H and O–H groups in total. The summed E-state index contributed by atoms with van der Waals surface area (Å²) in [6, 6.07) is 17.0. The third-order valence-corrected chi connectivity index (χ3v) is 4.57. The Morgan fingerprint density at radius 1 is 1.03 bits per heavy atom. The van der Waals surface area contributed by atoms with E-state index in [0.717, 1.165) is 16.6 Å². The first kappa shape index (κ1) is 18.5. The van der Waals surface area contributed by atoms with Gasteiger partial charge in [-0.2, -0.15) is 5.10 Å². The van der Waals surface area contributed by atoms with E-state index in [0.29, 0.717) is 29.3 Å². The Hall–Kier alpha value is -3.87. The third kappa shape index (κ3) is 3.89. The molecule has 4 aromatic rings. The van der Waals surface area contributed by atoms with Gasteiger partial charge in [-0.05, 0) is 23.8 Å². The molecule has 0 aliphatic rings.